The van der Waals surface area contributed by atoms with Gasteiger partial charge in [-0.1, -0.05) is 0 Å². The lowest BCUT2D eigenvalue weighted by atomic mass is 10.0. The van der Waals surface area contributed by atoms with Gasteiger partial charge in [0.1, 0.15) is 23.8 Å². The zero-order valence-electron chi connectivity index (χ0n) is 20.5. The number of alkyl halides is 7. The Morgan fingerprint density at radius 1 is 1.12 bits per heavy atom. The predicted molar refractivity (Wildman–Crippen MR) is 122 cm³/mol. The number of nitrogen functional groups attached to an aromatic ring is 1. The maximum absolute atomic E-state index is 14.9. The smallest absolute Gasteiger partial charge is 0.382 e. The molecule has 0 unspecified atom stereocenters. The Morgan fingerprint density at radius 3 is 2.38 bits per heavy atom. The fourth-order valence-corrected chi connectivity index (χ4v) is 4.29. The molecule has 1 aliphatic rings. The number of carbonyl (C=O) groups is 2. The molecule has 1 aliphatic heterocycles. The SMILES string of the molecule is Cc1c(F)cc(-c2cc(C(F)(F)F)c3c(N)ncnn23)cc1C(=O)N[C@@H]1CN(C(=O)[C@@](C)(O)C(F)(F)F)C[C@@H]1F. The molecule has 0 bridgehead atoms. The number of carbonyl (C=O) groups excluding carboxylic acids is 2. The molecule has 3 atom stereocenters. The van der Waals surface area contributed by atoms with Crippen LogP contribution >= 0.6 is 0 Å². The molecule has 1 aromatic carbocycles. The number of likely N-dealkylation sites (tertiary alicyclic amines) is 1. The number of rotatable bonds is 4. The van der Waals surface area contributed by atoms with Gasteiger partial charge in [-0.05, 0) is 37.6 Å². The summed E-state index contributed by atoms with van der Waals surface area (Å²) < 4.78 is 110. The molecular formula is C23H20F8N6O3. The summed E-state index contributed by atoms with van der Waals surface area (Å²) in [5.74, 6) is -4.48. The number of halogens is 8. The van der Waals surface area contributed by atoms with E-state index in [9.17, 15) is 49.8 Å². The number of nitrogens with zero attached hydrogens (tertiary/aromatic N) is 4. The van der Waals surface area contributed by atoms with Crippen molar-refractivity contribution < 1.29 is 49.8 Å². The van der Waals surface area contributed by atoms with Crippen LogP contribution in [0.25, 0.3) is 16.8 Å². The number of benzene rings is 1. The summed E-state index contributed by atoms with van der Waals surface area (Å²) in [4.78, 5) is 29.1. The lowest BCUT2D eigenvalue weighted by molar-refractivity contribution is -0.249. The standard InChI is InChI=1S/C23H20F8N6O3/c1-9-11(19(38)35-15-7-36(6-14(15)25)20(39)21(2,40)23(29,30)31)3-10(4-13(9)24)16-5-12(22(26,27)28)17-18(32)33-8-34-37(16)17/h3-5,8,14-15,40H,6-7H2,1-2H3,(H,35,38)(H2,32,33,34)/t14-,15+,21+/m0/s1. The Kier molecular flexibility index (Phi) is 6.93. The minimum absolute atomic E-state index is 0.208. The number of nitrogens with one attached hydrogen (secondary N) is 1. The van der Waals surface area contributed by atoms with Crippen LogP contribution in [-0.4, -0.2) is 73.5 Å². The van der Waals surface area contributed by atoms with Crippen LogP contribution in [0, 0.1) is 12.7 Å². The first kappa shape index (κ1) is 29.0. The first-order valence-corrected chi connectivity index (χ1v) is 11.4. The number of amides is 2. The molecular weight excluding hydrogens is 560 g/mol. The molecule has 0 saturated carbocycles. The maximum Gasteiger partial charge on any atom is 0.426 e. The van der Waals surface area contributed by atoms with Crippen LogP contribution in [0.15, 0.2) is 24.5 Å². The van der Waals surface area contributed by atoms with E-state index >= 15 is 0 Å². The molecule has 216 valence electrons. The van der Waals surface area contributed by atoms with Crippen LogP contribution in [0.3, 0.4) is 0 Å². The molecule has 1 fully saturated rings. The average Bonchev–Trinajstić information content (AvgIpc) is 3.41. The molecule has 9 nitrogen and oxygen atoms in total. The number of anilines is 1. The highest BCUT2D eigenvalue weighted by atomic mass is 19.4. The van der Waals surface area contributed by atoms with Gasteiger partial charge >= 0.3 is 12.4 Å². The molecule has 0 radical (unpaired) electrons. The zero-order valence-corrected chi connectivity index (χ0v) is 20.5. The minimum Gasteiger partial charge on any atom is -0.382 e. The Balaban J connectivity index is 1.66. The van der Waals surface area contributed by atoms with Gasteiger partial charge < -0.3 is 21.1 Å². The number of aliphatic hydroxyl groups is 1. The van der Waals surface area contributed by atoms with E-state index in [0.29, 0.717) is 11.0 Å². The molecule has 17 heteroatoms. The molecule has 3 aromatic rings. The minimum atomic E-state index is -5.35. The summed E-state index contributed by atoms with van der Waals surface area (Å²) in [7, 11) is 0. The fraction of sp³-hybridized carbons (Fsp3) is 0.391. The first-order chi connectivity index (χ1) is 18.3. The third kappa shape index (κ3) is 4.89. The average molecular weight is 580 g/mol. The van der Waals surface area contributed by atoms with Gasteiger partial charge in [-0.15, -0.1) is 0 Å². The molecule has 3 heterocycles. The van der Waals surface area contributed by atoms with Crippen LogP contribution in [0.5, 0.6) is 0 Å². The van der Waals surface area contributed by atoms with Crippen molar-refractivity contribution in [2.75, 3.05) is 18.8 Å². The predicted octanol–water partition coefficient (Wildman–Crippen LogP) is 3.04. The molecule has 4 rings (SSSR count). The fourth-order valence-electron chi connectivity index (χ4n) is 4.29. The Bertz CT molecular complexity index is 1500. The van der Waals surface area contributed by atoms with Crippen LogP contribution < -0.4 is 11.1 Å². The third-order valence-corrected chi connectivity index (χ3v) is 6.59. The van der Waals surface area contributed by atoms with E-state index < -0.39 is 83.3 Å². The molecule has 0 aliphatic carbocycles. The van der Waals surface area contributed by atoms with Gasteiger partial charge in [0.05, 0.1) is 23.8 Å². The van der Waals surface area contributed by atoms with Crippen molar-refractivity contribution in [2.45, 2.75) is 44.0 Å². The molecule has 2 amide bonds. The van der Waals surface area contributed by atoms with Crippen LogP contribution in [0.4, 0.5) is 40.9 Å². The number of hydrogen-bond acceptors (Lipinski definition) is 6. The summed E-state index contributed by atoms with van der Waals surface area (Å²) in [6.45, 7) is -0.238. The third-order valence-electron chi connectivity index (χ3n) is 6.59. The van der Waals surface area contributed by atoms with E-state index in [1.807, 2.05) is 0 Å². The van der Waals surface area contributed by atoms with Gasteiger partial charge in [0, 0.05) is 17.7 Å². The van der Waals surface area contributed by atoms with Crippen LogP contribution in [0.1, 0.15) is 28.4 Å². The highest BCUT2D eigenvalue weighted by Crippen LogP contribution is 2.39. The van der Waals surface area contributed by atoms with Crippen LogP contribution in [-0.2, 0) is 11.0 Å². The van der Waals surface area contributed by atoms with Gasteiger partial charge in [0.2, 0.25) is 5.60 Å². The van der Waals surface area contributed by atoms with Gasteiger partial charge in [-0.2, -0.15) is 31.4 Å². The monoisotopic (exact) mass is 580 g/mol. The summed E-state index contributed by atoms with van der Waals surface area (Å²) in [6.07, 6.45) is -11.4. The summed E-state index contributed by atoms with van der Waals surface area (Å²) in [5, 5.41) is 15.5. The molecule has 4 N–H and O–H groups in total. The van der Waals surface area contributed by atoms with Crippen LogP contribution in [0.2, 0.25) is 0 Å². The molecule has 2 aromatic heterocycles. The van der Waals surface area contributed by atoms with Crippen molar-refractivity contribution in [3.63, 3.8) is 0 Å². The van der Waals surface area contributed by atoms with E-state index in [2.05, 4.69) is 15.4 Å². The van der Waals surface area contributed by atoms with Gasteiger partial charge in [0.25, 0.3) is 11.8 Å². The number of hydrogen-bond donors (Lipinski definition) is 3. The number of fused-ring (bicyclic) bond motifs is 1. The summed E-state index contributed by atoms with van der Waals surface area (Å²) in [6, 6.07) is 0.967. The summed E-state index contributed by atoms with van der Waals surface area (Å²) >= 11 is 0. The molecule has 1 saturated heterocycles. The second kappa shape index (κ2) is 9.57. The highest BCUT2D eigenvalue weighted by molar-refractivity contribution is 5.97. The van der Waals surface area contributed by atoms with E-state index in [1.54, 1.807) is 0 Å². The van der Waals surface area contributed by atoms with Crippen molar-refractivity contribution in [1.29, 1.82) is 0 Å². The first-order valence-electron chi connectivity index (χ1n) is 11.4. The Morgan fingerprint density at radius 2 is 1.77 bits per heavy atom. The van der Waals surface area contributed by atoms with Crippen molar-refractivity contribution in [2.24, 2.45) is 0 Å². The zero-order chi connectivity index (χ0) is 29.9. The van der Waals surface area contributed by atoms with Crippen molar-refractivity contribution >= 4 is 23.1 Å². The topological polar surface area (TPSA) is 126 Å². The van der Waals surface area contributed by atoms with E-state index in [-0.39, 0.29) is 23.7 Å². The lowest BCUT2D eigenvalue weighted by Crippen LogP contribution is -2.56. The van der Waals surface area contributed by atoms with Gasteiger partial charge in [-0.25, -0.2) is 18.3 Å². The number of nitrogens with two attached hydrogens (primary N) is 1. The van der Waals surface area contributed by atoms with Gasteiger partial charge in [-0.3, -0.25) is 9.59 Å². The quantitative estimate of drug-likeness (QED) is 0.408. The second-order valence-corrected chi connectivity index (χ2v) is 9.35. The highest BCUT2D eigenvalue weighted by Gasteiger charge is 2.58. The molecule has 40 heavy (non-hydrogen) atoms. The van der Waals surface area contributed by atoms with Crippen molar-refractivity contribution in [1.82, 2.24) is 24.8 Å². The van der Waals surface area contributed by atoms with E-state index in [4.69, 9.17) is 5.73 Å². The largest absolute Gasteiger partial charge is 0.426 e. The second-order valence-electron chi connectivity index (χ2n) is 9.35. The van der Waals surface area contributed by atoms with Crippen molar-refractivity contribution in [3.8, 4) is 11.3 Å². The normalized spacial score (nSPS) is 19.6. The van der Waals surface area contributed by atoms with Gasteiger partial charge in [0.15, 0.2) is 5.82 Å². The van der Waals surface area contributed by atoms with E-state index in [0.717, 1.165) is 23.0 Å². The van der Waals surface area contributed by atoms with E-state index in [1.165, 1.54) is 6.92 Å². The Hall–Kier alpha value is -4.02. The molecule has 0 spiro atoms. The lowest BCUT2D eigenvalue weighted by Gasteiger charge is -2.29. The summed E-state index contributed by atoms with van der Waals surface area (Å²) in [5.41, 5.74) is -1.27. The maximum atomic E-state index is 14.9. The van der Waals surface area contributed by atoms with Crippen molar-refractivity contribution in [3.05, 3.63) is 47.0 Å². The Labute approximate surface area is 219 Å². The number of aromatic nitrogens is 3.